The van der Waals surface area contributed by atoms with Gasteiger partial charge >= 0.3 is 5.69 Å². The van der Waals surface area contributed by atoms with E-state index in [9.17, 15) is 9.59 Å². The van der Waals surface area contributed by atoms with E-state index in [0.717, 1.165) is 29.8 Å². The monoisotopic (exact) mass is 372 g/mol. The van der Waals surface area contributed by atoms with Crippen LogP contribution in [-0.4, -0.2) is 37.3 Å². The highest BCUT2D eigenvalue weighted by atomic mass is 16.2. The van der Waals surface area contributed by atoms with Crippen molar-refractivity contribution in [3.05, 3.63) is 38.3 Å². The van der Waals surface area contributed by atoms with Crippen LogP contribution in [0.1, 0.15) is 38.4 Å². The number of hydrogen-bond acceptors (Lipinski definition) is 5. The van der Waals surface area contributed by atoms with E-state index in [-0.39, 0.29) is 29.3 Å². The van der Waals surface area contributed by atoms with Crippen molar-refractivity contribution in [1.29, 1.82) is 0 Å². The SMILES string of the molecule is CC(C)=CCn1c(C2CC3NCC2CC3N)nc2c1c(=O)n(C)c(=O)n2C. The summed E-state index contributed by atoms with van der Waals surface area (Å²) >= 11 is 0. The number of nitrogens with one attached hydrogen (secondary N) is 1. The molecule has 146 valence electrons. The van der Waals surface area contributed by atoms with Crippen LogP contribution in [0.25, 0.3) is 11.2 Å². The number of imidazole rings is 1. The molecule has 8 heteroatoms. The Hall–Kier alpha value is -2.19. The number of nitrogens with two attached hydrogens (primary N) is 1. The molecule has 2 aromatic heterocycles. The van der Waals surface area contributed by atoms with Gasteiger partial charge in [0.2, 0.25) is 0 Å². The van der Waals surface area contributed by atoms with Crippen molar-refractivity contribution >= 4 is 11.2 Å². The van der Waals surface area contributed by atoms with Gasteiger partial charge in [0.1, 0.15) is 5.82 Å². The normalized spacial score (nSPS) is 27.3. The Morgan fingerprint density at radius 2 is 2.00 bits per heavy atom. The number of hydrogen-bond donors (Lipinski definition) is 2. The second-order valence-corrected chi connectivity index (χ2v) is 8.26. The summed E-state index contributed by atoms with van der Waals surface area (Å²) in [5.41, 5.74) is 7.78. The molecule has 0 aromatic carbocycles. The van der Waals surface area contributed by atoms with Crippen molar-refractivity contribution in [2.24, 2.45) is 25.7 Å². The molecule has 2 aliphatic heterocycles. The Bertz CT molecular complexity index is 1040. The van der Waals surface area contributed by atoms with Gasteiger partial charge in [-0.15, -0.1) is 0 Å². The first kappa shape index (κ1) is 18.2. The van der Waals surface area contributed by atoms with Crippen LogP contribution >= 0.6 is 0 Å². The minimum atomic E-state index is -0.347. The molecular formula is C19H28N6O2. The van der Waals surface area contributed by atoms with Gasteiger partial charge in [0.15, 0.2) is 11.2 Å². The van der Waals surface area contributed by atoms with E-state index in [1.807, 2.05) is 18.4 Å². The minimum absolute atomic E-state index is 0.174. The summed E-state index contributed by atoms with van der Waals surface area (Å²) in [4.78, 5) is 30.1. The van der Waals surface area contributed by atoms with E-state index in [2.05, 4.69) is 11.4 Å². The Labute approximate surface area is 157 Å². The number of allylic oxidation sites excluding steroid dienone is 2. The van der Waals surface area contributed by atoms with Crippen molar-refractivity contribution in [1.82, 2.24) is 24.0 Å². The standard InChI is InChI=1S/C19H28N6O2/c1-10(2)5-6-25-15-17(23(3)19(27)24(4)18(15)26)22-16(25)12-8-14-13(20)7-11(12)9-21-14/h5,11-14,21H,6-9,20H2,1-4H3. The molecule has 2 bridgehead atoms. The number of piperidine rings is 2. The van der Waals surface area contributed by atoms with Crippen LogP contribution < -0.4 is 22.3 Å². The molecule has 0 amide bonds. The first-order chi connectivity index (χ1) is 12.8. The molecule has 4 atom stereocenters. The fourth-order valence-corrected chi connectivity index (χ4v) is 4.60. The van der Waals surface area contributed by atoms with Crippen molar-refractivity contribution in [3.8, 4) is 0 Å². The van der Waals surface area contributed by atoms with E-state index in [0.29, 0.717) is 23.6 Å². The fourth-order valence-electron chi connectivity index (χ4n) is 4.60. The molecule has 3 aliphatic rings. The summed E-state index contributed by atoms with van der Waals surface area (Å²) in [6, 6.07) is 0.455. The van der Waals surface area contributed by atoms with Crippen molar-refractivity contribution < 1.29 is 0 Å². The number of aryl methyl sites for hydroxylation is 1. The zero-order valence-electron chi connectivity index (χ0n) is 16.4. The van der Waals surface area contributed by atoms with Crippen LogP contribution in [0.3, 0.4) is 0 Å². The molecule has 3 fully saturated rings. The molecule has 4 unspecified atom stereocenters. The predicted molar refractivity (Wildman–Crippen MR) is 105 cm³/mol. The maximum absolute atomic E-state index is 12.9. The van der Waals surface area contributed by atoms with E-state index >= 15 is 0 Å². The number of fused-ring (bicyclic) bond motifs is 4. The highest BCUT2D eigenvalue weighted by molar-refractivity contribution is 5.71. The summed E-state index contributed by atoms with van der Waals surface area (Å²) in [5.74, 6) is 1.55. The van der Waals surface area contributed by atoms with Gasteiger partial charge < -0.3 is 15.6 Å². The molecule has 8 nitrogen and oxygen atoms in total. The Morgan fingerprint density at radius 1 is 1.26 bits per heavy atom. The molecule has 3 N–H and O–H groups in total. The number of nitrogens with zero attached hydrogens (tertiary/aromatic N) is 4. The summed E-state index contributed by atoms with van der Waals surface area (Å²) < 4.78 is 4.66. The maximum atomic E-state index is 12.9. The molecule has 27 heavy (non-hydrogen) atoms. The van der Waals surface area contributed by atoms with Gasteiger partial charge in [0.25, 0.3) is 5.56 Å². The van der Waals surface area contributed by atoms with Crippen LogP contribution in [0.2, 0.25) is 0 Å². The molecule has 0 spiro atoms. The fraction of sp³-hybridized carbons (Fsp3) is 0.632. The molecular weight excluding hydrogens is 344 g/mol. The van der Waals surface area contributed by atoms with E-state index in [4.69, 9.17) is 10.7 Å². The van der Waals surface area contributed by atoms with Gasteiger partial charge in [0.05, 0.1) is 0 Å². The van der Waals surface area contributed by atoms with Crippen LogP contribution in [0.15, 0.2) is 21.2 Å². The lowest BCUT2D eigenvalue weighted by atomic mass is 9.70. The van der Waals surface area contributed by atoms with Gasteiger partial charge in [-0.3, -0.25) is 13.9 Å². The molecule has 5 rings (SSSR count). The van der Waals surface area contributed by atoms with Gasteiger partial charge in [-0.25, -0.2) is 9.78 Å². The lowest BCUT2D eigenvalue weighted by Crippen LogP contribution is -2.59. The van der Waals surface area contributed by atoms with Crippen LogP contribution in [0.5, 0.6) is 0 Å². The van der Waals surface area contributed by atoms with Crippen molar-refractivity contribution in [2.45, 2.75) is 51.2 Å². The molecule has 0 radical (unpaired) electrons. The lowest BCUT2D eigenvalue weighted by Gasteiger charge is -2.46. The highest BCUT2D eigenvalue weighted by Gasteiger charge is 2.43. The third-order valence-corrected chi connectivity index (χ3v) is 6.20. The van der Waals surface area contributed by atoms with Crippen LogP contribution in [-0.2, 0) is 20.6 Å². The first-order valence-corrected chi connectivity index (χ1v) is 9.58. The van der Waals surface area contributed by atoms with E-state index in [1.165, 1.54) is 17.2 Å². The second-order valence-electron chi connectivity index (χ2n) is 8.26. The average Bonchev–Trinajstić information content (AvgIpc) is 3.03. The zero-order chi connectivity index (χ0) is 19.5. The van der Waals surface area contributed by atoms with Gasteiger partial charge in [-0.2, -0.15) is 0 Å². The van der Waals surface area contributed by atoms with Crippen molar-refractivity contribution in [2.75, 3.05) is 6.54 Å². The molecule has 1 saturated carbocycles. The van der Waals surface area contributed by atoms with Crippen LogP contribution in [0, 0.1) is 5.92 Å². The smallest absolute Gasteiger partial charge is 0.326 e. The summed E-state index contributed by atoms with van der Waals surface area (Å²) in [7, 11) is 3.20. The Balaban J connectivity index is 1.95. The highest BCUT2D eigenvalue weighted by Crippen LogP contribution is 2.40. The topological polar surface area (TPSA) is 99.9 Å². The molecule has 4 heterocycles. The maximum Gasteiger partial charge on any atom is 0.332 e. The number of rotatable bonds is 3. The second kappa shape index (κ2) is 6.45. The largest absolute Gasteiger partial charge is 0.332 e. The minimum Gasteiger partial charge on any atom is -0.326 e. The molecule has 1 aliphatic carbocycles. The van der Waals surface area contributed by atoms with Crippen LogP contribution in [0.4, 0.5) is 0 Å². The Morgan fingerprint density at radius 3 is 2.59 bits per heavy atom. The average molecular weight is 372 g/mol. The molecule has 2 saturated heterocycles. The summed E-state index contributed by atoms with van der Waals surface area (Å²) in [6.07, 6.45) is 3.98. The Kier molecular flexibility index (Phi) is 4.35. The lowest BCUT2D eigenvalue weighted by molar-refractivity contribution is 0.149. The van der Waals surface area contributed by atoms with E-state index < -0.39 is 0 Å². The first-order valence-electron chi connectivity index (χ1n) is 9.58. The van der Waals surface area contributed by atoms with Gasteiger partial charge in [-0.1, -0.05) is 11.6 Å². The molecule has 2 aromatic rings. The quantitative estimate of drug-likeness (QED) is 0.750. The van der Waals surface area contributed by atoms with E-state index in [1.54, 1.807) is 7.05 Å². The van der Waals surface area contributed by atoms with Crippen molar-refractivity contribution in [3.63, 3.8) is 0 Å². The van der Waals surface area contributed by atoms with Gasteiger partial charge in [0, 0.05) is 38.6 Å². The third kappa shape index (κ3) is 2.78. The predicted octanol–water partition coefficient (Wildman–Crippen LogP) is 0.193. The zero-order valence-corrected chi connectivity index (χ0v) is 16.4. The van der Waals surface area contributed by atoms with Gasteiger partial charge in [-0.05, 0) is 39.2 Å². The summed E-state index contributed by atoms with van der Waals surface area (Å²) in [6.45, 7) is 5.58. The third-order valence-electron chi connectivity index (χ3n) is 6.20. The summed E-state index contributed by atoms with van der Waals surface area (Å²) in [5, 5.41) is 3.52. The number of aromatic nitrogens is 4.